The van der Waals surface area contributed by atoms with Crippen LogP contribution in [0, 0.1) is 20.8 Å². The fourth-order valence-electron chi connectivity index (χ4n) is 3.46. The minimum absolute atomic E-state index is 0.206. The number of aliphatic imine (C=N–C) groups is 1. The minimum atomic E-state index is -3.93. The van der Waals surface area contributed by atoms with Crippen LogP contribution in [0.5, 0.6) is 17.2 Å². The first kappa shape index (κ1) is 20.0. The number of hydrogen-bond donors (Lipinski definition) is 0. The van der Waals surface area contributed by atoms with Gasteiger partial charge in [-0.05, 0) is 79.9 Å². The number of rotatable bonds is 5. The van der Waals surface area contributed by atoms with Gasteiger partial charge in [0.05, 0.1) is 5.69 Å². The minimum Gasteiger partial charge on any atom is -0.454 e. The average Bonchev–Trinajstić information content (AvgIpc) is 3.14. The van der Waals surface area contributed by atoms with Crippen LogP contribution in [0.1, 0.15) is 22.3 Å². The molecule has 0 saturated carbocycles. The number of nitrogens with zero attached hydrogens (tertiary/aromatic N) is 1. The molecule has 30 heavy (non-hydrogen) atoms. The third-order valence-corrected chi connectivity index (χ3v) is 6.21. The Bertz CT molecular complexity index is 1210. The summed E-state index contributed by atoms with van der Waals surface area (Å²) in [6.07, 6.45) is 1.70. The van der Waals surface area contributed by atoms with Gasteiger partial charge < -0.3 is 13.7 Å². The van der Waals surface area contributed by atoms with Gasteiger partial charge in [0.1, 0.15) is 10.6 Å². The van der Waals surface area contributed by atoms with E-state index in [9.17, 15) is 8.42 Å². The Kier molecular flexibility index (Phi) is 5.22. The van der Waals surface area contributed by atoms with Gasteiger partial charge in [-0.25, -0.2) is 0 Å². The number of ether oxygens (including phenoxy) is 2. The molecule has 0 saturated heterocycles. The van der Waals surface area contributed by atoms with Gasteiger partial charge in [-0.1, -0.05) is 17.7 Å². The van der Waals surface area contributed by atoms with Gasteiger partial charge in [-0.3, -0.25) is 4.99 Å². The fourth-order valence-corrected chi connectivity index (χ4v) is 4.81. The van der Waals surface area contributed by atoms with E-state index in [0.29, 0.717) is 28.3 Å². The van der Waals surface area contributed by atoms with Crippen LogP contribution in [0.25, 0.3) is 0 Å². The summed E-state index contributed by atoms with van der Waals surface area (Å²) in [6.45, 7) is 5.69. The van der Waals surface area contributed by atoms with Crippen molar-refractivity contribution in [2.75, 3.05) is 6.79 Å². The quantitative estimate of drug-likeness (QED) is 0.433. The molecule has 0 fully saturated rings. The molecule has 0 bridgehead atoms. The largest absolute Gasteiger partial charge is 0.454 e. The summed E-state index contributed by atoms with van der Waals surface area (Å²) in [7, 11) is -3.93. The molecule has 3 aromatic carbocycles. The van der Waals surface area contributed by atoms with E-state index in [0.717, 1.165) is 11.1 Å². The first-order valence-electron chi connectivity index (χ1n) is 9.38. The van der Waals surface area contributed by atoms with Crippen molar-refractivity contribution in [3.63, 3.8) is 0 Å². The molecular formula is C23H21NO5S. The summed E-state index contributed by atoms with van der Waals surface area (Å²) in [6, 6.07) is 15.8. The predicted molar refractivity (Wildman–Crippen MR) is 115 cm³/mol. The third-order valence-electron chi connectivity index (χ3n) is 4.66. The van der Waals surface area contributed by atoms with Crippen LogP contribution in [-0.2, 0) is 10.1 Å². The van der Waals surface area contributed by atoms with Gasteiger partial charge >= 0.3 is 10.1 Å². The van der Waals surface area contributed by atoms with Gasteiger partial charge in [0.15, 0.2) is 11.5 Å². The number of fused-ring (bicyclic) bond motifs is 1. The monoisotopic (exact) mass is 423 g/mol. The van der Waals surface area contributed by atoms with Crippen molar-refractivity contribution >= 4 is 22.0 Å². The van der Waals surface area contributed by atoms with E-state index >= 15 is 0 Å². The van der Waals surface area contributed by atoms with E-state index in [1.807, 2.05) is 37.3 Å². The molecule has 1 aliphatic rings. The third kappa shape index (κ3) is 4.16. The van der Waals surface area contributed by atoms with Gasteiger partial charge in [0, 0.05) is 6.21 Å². The Morgan fingerprint density at radius 1 is 0.900 bits per heavy atom. The van der Waals surface area contributed by atoms with Crippen molar-refractivity contribution in [1.29, 1.82) is 0 Å². The lowest BCUT2D eigenvalue weighted by molar-refractivity contribution is 0.174. The summed E-state index contributed by atoms with van der Waals surface area (Å²) in [5, 5.41) is 0. The van der Waals surface area contributed by atoms with Gasteiger partial charge in [-0.2, -0.15) is 8.42 Å². The zero-order valence-electron chi connectivity index (χ0n) is 16.9. The van der Waals surface area contributed by atoms with Crippen LogP contribution in [0.4, 0.5) is 5.69 Å². The molecule has 0 amide bonds. The first-order chi connectivity index (χ1) is 14.3. The van der Waals surface area contributed by atoms with Crippen molar-refractivity contribution < 1.29 is 22.1 Å². The molecule has 1 heterocycles. The molecular weight excluding hydrogens is 402 g/mol. The Labute approximate surface area is 175 Å². The standard InChI is InChI=1S/C23H21NO5S/c1-15-10-16(2)23(17(3)11-15)30(25,26)29-20-7-5-19(6-8-20)24-13-18-4-9-21-22(12-18)28-14-27-21/h4-13H,14H2,1-3H3. The normalized spacial score (nSPS) is 13.0. The maximum atomic E-state index is 12.8. The van der Waals surface area contributed by atoms with Crippen LogP contribution < -0.4 is 13.7 Å². The fraction of sp³-hybridized carbons (Fsp3) is 0.174. The van der Waals surface area contributed by atoms with Crippen LogP contribution in [0.15, 0.2) is 64.5 Å². The second-order valence-corrected chi connectivity index (χ2v) is 8.61. The number of aryl methyl sites for hydroxylation is 3. The molecule has 4 rings (SSSR count). The number of benzene rings is 3. The van der Waals surface area contributed by atoms with Crippen molar-refractivity contribution in [2.45, 2.75) is 25.7 Å². The second-order valence-electron chi connectivity index (χ2n) is 7.13. The van der Waals surface area contributed by atoms with Crippen molar-refractivity contribution in [2.24, 2.45) is 4.99 Å². The Morgan fingerprint density at radius 2 is 1.57 bits per heavy atom. The summed E-state index contributed by atoms with van der Waals surface area (Å²) in [4.78, 5) is 4.62. The van der Waals surface area contributed by atoms with Crippen molar-refractivity contribution in [1.82, 2.24) is 0 Å². The molecule has 6 nitrogen and oxygen atoms in total. The Morgan fingerprint density at radius 3 is 2.27 bits per heavy atom. The van der Waals surface area contributed by atoms with E-state index in [1.165, 1.54) is 0 Å². The van der Waals surface area contributed by atoms with Crippen LogP contribution >= 0.6 is 0 Å². The van der Waals surface area contributed by atoms with Crippen LogP contribution in [0.3, 0.4) is 0 Å². The molecule has 0 aliphatic carbocycles. The van der Waals surface area contributed by atoms with E-state index in [2.05, 4.69) is 4.99 Å². The van der Waals surface area contributed by atoms with E-state index < -0.39 is 10.1 Å². The van der Waals surface area contributed by atoms with Gasteiger partial charge in [-0.15, -0.1) is 0 Å². The molecule has 7 heteroatoms. The van der Waals surface area contributed by atoms with Crippen LogP contribution in [-0.4, -0.2) is 21.4 Å². The molecule has 1 aliphatic heterocycles. The van der Waals surface area contributed by atoms with E-state index in [4.69, 9.17) is 13.7 Å². The predicted octanol–water partition coefficient (Wildman–Crippen LogP) is 4.86. The summed E-state index contributed by atoms with van der Waals surface area (Å²) >= 11 is 0. The molecule has 0 radical (unpaired) electrons. The summed E-state index contributed by atoms with van der Waals surface area (Å²) in [5.41, 5.74) is 3.87. The molecule has 0 N–H and O–H groups in total. The molecule has 0 atom stereocenters. The average molecular weight is 423 g/mol. The molecule has 3 aromatic rings. The summed E-state index contributed by atoms with van der Waals surface area (Å²) in [5.74, 6) is 1.64. The summed E-state index contributed by atoms with van der Waals surface area (Å²) < 4.78 is 41.5. The lowest BCUT2D eigenvalue weighted by Gasteiger charge is -2.13. The zero-order chi connectivity index (χ0) is 21.3. The van der Waals surface area contributed by atoms with Crippen LogP contribution in [0.2, 0.25) is 0 Å². The lowest BCUT2D eigenvalue weighted by Crippen LogP contribution is -2.13. The maximum absolute atomic E-state index is 12.8. The van der Waals surface area contributed by atoms with E-state index in [-0.39, 0.29) is 17.4 Å². The second kappa shape index (κ2) is 7.84. The highest BCUT2D eigenvalue weighted by Crippen LogP contribution is 2.32. The highest BCUT2D eigenvalue weighted by atomic mass is 32.2. The smallest absolute Gasteiger partial charge is 0.339 e. The Balaban J connectivity index is 1.50. The Hall–Kier alpha value is -3.32. The van der Waals surface area contributed by atoms with Gasteiger partial charge in [0.25, 0.3) is 0 Å². The zero-order valence-corrected chi connectivity index (χ0v) is 17.7. The molecule has 0 unspecified atom stereocenters. The maximum Gasteiger partial charge on any atom is 0.339 e. The van der Waals surface area contributed by atoms with Crippen molar-refractivity contribution in [3.05, 3.63) is 76.9 Å². The topological polar surface area (TPSA) is 74.2 Å². The van der Waals surface area contributed by atoms with E-state index in [1.54, 1.807) is 44.3 Å². The van der Waals surface area contributed by atoms with Crippen molar-refractivity contribution in [3.8, 4) is 17.2 Å². The molecule has 154 valence electrons. The van der Waals surface area contributed by atoms with Gasteiger partial charge in [0.2, 0.25) is 6.79 Å². The number of hydrogen-bond acceptors (Lipinski definition) is 6. The lowest BCUT2D eigenvalue weighted by atomic mass is 10.1. The molecule has 0 aromatic heterocycles. The molecule has 0 spiro atoms. The first-order valence-corrected chi connectivity index (χ1v) is 10.8. The highest BCUT2D eigenvalue weighted by molar-refractivity contribution is 7.87. The highest BCUT2D eigenvalue weighted by Gasteiger charge is 2.22. The SMILES string of the molecule is Cc1cc(C)c(S(=O)(=O)Oc2ccc(N=Cc3ccc4c(c3)OCO4)cc2)c(C)c1.